The summed E-state index contributed by atoms with van der Waals surface area (Å²) in [7, 11) is 0. The third-order valence-corrected chi connectivity index (χ3v) is 4.55. The van der Waals surface area contributed by atoms with E-state index < -0.39 is 0 Å². The second-order valence-electron chi connectivity index (χ2n) is 7.48. The summed E-state index contributed by atoms with van der Waals surface area (Å²) in [5.74, 6) is 1.70. The first-order chi connectivity index (χ1) is 9.54. The molecule has 2 rings (SSSR count). The van der Waals surface area contributed by atoms with Crippen LogP contribution in [0.3, 0.4) is 0 Å². The number of rotatable bonds is 4. The molecule has 112 valence electrons. The molecule has 20 heavy (non-hydrogen) atoms. The van der Waals surface area contributed by atoms with Crippen molar-refractivity contribution < 1.29 is 0 Å². The summed E-state index contributed by atoms with van der Waals surface area (Å²) in [5.41, 5.74) is 1.75. The lowest BCUT2D eigenvalue weighted by Crippen LogP contribution is -2.40. The van der Waals surface area contributed by atoms with Gasteiger partial charge in [-0.3, -0.25) is 0 Å². The molecule has 1 aromatic carbocycles. The Hall–Kier alpha value is -0.820. The van der Waals surface area contributed by atoms with Crippen molar-refractivity contribution in [2.45, 2.75) is 64.8 Å². The molecule has 2 atom stereocenters. The highest BCUT2D eigenvalue weighted by molar-refractivity contribution is 5.15. The van der Waals surface area contributed by atoms with E-state index in [1.54, 1.807) is 0 Å². The van der Waals surface area contributed by atoms with E-state index in [-0.39, 0.29) is 5.54 Å². The molecule has 0 amide bonds. The van der Waals surface area contributed by atoms with Crippen molar-refractivity contribution in [3.63, 3.8) is 0 Å². The molecule has 0 bridgehead atoms. The normalized spacial score (nSPS) is 24.4. The lowest BCUT2D eigenvalue weighted by Gasteiger charge is -2.30. The highest BCUT2D eigenvalue weighted by Crippen LogP contribution is 2.31. The Morgan fingerprint density at radius 1 is 0.950 bits per heavy atom. The maximum absolute atomic E-state index is 3.74. The molecule has 1 N–H and O–H groups in total. The van der Waals surface area contributed by atoms with E-state index in [9.17, 15) is 0 Å². The maximum atomic E-state index is 3.74. The minimum atomic E-state index is 0.240. The molecule has 0 saturated heterocycles. The van der Waals surface area contributed by atoms with Gasteiger partial charge in [-0.05, 0) is 64.0 Å². The Balaban J connectivity index is 1.97. The van der Waals surface area contributed by atoms with Gasteiger partial charge in [-0.1, -0.05) is 49.6 Å². The van der Waals surface area contributed by atoms with Crippen LogP contribution in [0.1, 0.15) is 58.4 Å². The van der Waals surface area contributed by atoms with Gasteiger partial charge < -0.3 is 5.32 Å². The number of nitrogens with one attached hydrogen (secondary N) is 1. The van der Waals surface area contributed by atoms with Crippen LogP contribution < -0.4 is 5.32 Å². The number of benzene rings is 1. The second-order valence-corrected chi connectivity index (χ2v) is 7.48. The third kappa shape index (κ3) is 5.28. The summed E-state index contributed by atoms with van der Waals surface area (Å²) in [4.78, 5) is 0. The molecule has 1 saturated carbocycles. The van der Waals surface area contributed by atoms with Gasteiger partial charge in [0, 0.05) is 5.54 Å². The van der Waals surface area contributed by atoms with Crippen LogP contribution in [0, 0.1) is 11.8 Å². The van der Waals surface area contributed by atoms with Crippen LogP contribution in [0.5, 0.6) is 0 Å². The lowest BCUT2D eigenvalue weighted by molar-refractivity contribution is 0.270. The Bertz CT molecular complexity index is 377. The van der Waals surface area contributed by atoms with Crippen LogP contribution in [0.2, 0.25) is 0 Å². The highest BCUT2D eigenvalue weighted by Gasteiger charge is 2.25. The first-order valence-corrected chi connectivity index (χ1v) is 8.33. The van der Waals surface area contributed by atoms with Gasteiger partial charge in [0.1, 0.15) is 0 Å². The Morgan fingerprint density at radius 2 is 1.60 bits per heavy atom. The molecule has 1 fully saturated rings. The molecule has 1 aliphatic rings. The highest BCUT2D eigenvalue weighted by atomic mass is 14.9. The molecular formula is C19H31N. The fraction of sp³-hybridized carbons (Fsp3) is 0.684. The molecule has 0 heterocycles. The summed E-state index contributed by atoms with van der Waals surface area (Å²) >= 11 is 0. The molecule has 1 aromatic rings. The predicted octanol–water partition coefficient (Wildman–Crippen LogP) is 4.81. The summed E-state index contributed by atoms with van der Waals surface area (Å²) in [6.45, 7) is 8.00. The van der Waals surface area contributed by atoms with Gasteiger partial charge >= 0.3 is 0 Å². The second kappa shape index (κ2) is 7.26. The summed E-state index contributed by atoms with van der Waals surface area (Å²) in [6.07, 6.45) is 8.34. The average molecular weight is 273 g/mol. The zero-order chi connectivity index (χ0) is 14.4. The topological polar surface area (TPSA) is 12.0 Å². The minimum absolute atomic E-state index is 0.240. The van der Waals surface area contributed by atoms with Crippen molar-refractivity contribution in [3.05, 3.63) is 35.9 Å². The van der Waals surface area contributed by atoms with Crippen molar-refractivity contribution in [2.75, 3.05) is 6.54 Å². The molecule has 0 radical (unpaired) electrons. The monoisotopic (exact) mass is 273 g/mol. The van der Waals surface area contributed by atoms with Crippen LogP contribution in [-0.2, 0) is 6.42 Å². The van der Waals surface area contributed by atoms with Crippen LogP contribution in [0.4, 0.5) is 0 Å². The van der Waals surface area contributed by atoms with Crippen LogP contribution in [-0.4, -0.2) is 12.1 Å². The van der Waals surface area contributed by atoms with E-state index in [4.69, 9.17) is 0 Å². The average Bonchev–Trinajstić information content (AvgIpc) is 2.62. The van der Waals surface area contributed by atoms with E-state index in [1.807, 2.05) is 0 Å². The van der Waals surface area contributed by atoms with Gasteiger partial charge in [-0.15, -0.1) is 0 Å². The zero-order valence-electron chi connectivity index (χ0n) is 13.5. The van der Waals surface area contributed by atoms with Gasteiger partial charge in [-0.2, -0.15) is 0 Å². The summed E-state index contributed by atoms with van der Waals surface area (Å²) < 4.78 is 0. The molecule has 0 aromatic heterocycles. The first-order valence-electron chi connectivity index (χ1n) is 8.33. The summed E-state index contributed by atoms with van der Waals surface area (Å²) in [5, 5.41) is 3.74. The van der Waals surface area contributed by atoms with Gasteiger partial charge in [0.15, 0.2) is 0 Å². The SMILES string of the molecule is CC(C)(C)NCC1CCCCCC1Cc1ccccc1. The standard InChI is InChI=1S/C19H31N/c1-19(2,3)20-15-18-13-9-5-8-12-17(18)14-16-10-6-4-7-11-16/h4,6-7,10-11,17-18,20H,5,8-9,12-15H2,1-3H3. The van der Waals surface area contributed by atoms with Crippen molar-refractivity contribution in [1.82, 2.24) is 5.32 Å². The molecular weight excluding hydrogens is 242 g/mol. The predicted molar refractivity (Wildman–Crippen MR) is 88.0 cm³/mol. The van der Waals surface area contributed by atoms with Crippen molar-refractivity contribution in [3.8, 4) is 0 Å². The molecule has 1 aliphatic carbocycles. The minimum Gasteiger partial charge on any atom is -0.312 e. The molecule has 1 heteroatoms. The molecule has 1 nitrogen and oxygen atoms in total. The number of hydrogen-bond donors (Lipinski definition) is 1. The number of hydrogen-bond acceptors (Lipinski definition) is 1. The quantitative estimate of drug-likeness (QED) is 0.776. The summed E-state index contributed by atoms with van der Waals surface area (Å²) in [6, 6.07) is 11.1. The fourth-order valence-corrected chi connectivity index (χ4v) is 3.35. The largest absolute Gasteiger partial charge is 0.312 e. The zero-order valence-corrected chi connectivity index (χ0v) is 13.5. The Morgan fingerprint density at radius 3 is 2.25 bits per heavy atom. The molecule has 2 unspecified atom stereocenters. The first kappa shape index (κ1) is 15.6. The smallest absolute Gasteiger partial charge is 0.00966 e. The molecule has 0 spiro atoms. The van der Waals surface area contributed by atoms with Gasteiger partial charge in [0.05, 0.1) is 0 Å². The Labute approximate surface area is 125 Å². The third-order valence-electron chi connectivity index (χ3n) is 4.55. The van der Waals surface area contributed by atoms with Crippen LogP contribution >= 0.6 is 0 Å². The van der Waals surface area contributed by atoms with Crippen molar-refractivity contribution >= 4 is 0 Å². The van der Waals surface area contributed by atoms with Crippen LogP contribution in [0.15, 0.2) is 30.3 Å². The van der Waals surface area contributed by atoms with Gasteiger partial charge in [-0.25, -0.2) is 0 Å². The van der Waals surface area contributed by atoms with E-state index in [0.29, 0.717) is 0 Å². The van der Waals surface area contributed by atoms with Crippen LogP contribution in [0.25, 0.3) is 0 Å². The van der Waals surface area contributed by atoms with Crippen molar-refractivity contribution in [2.24, 2.45) is 11.8 Å². The van der Waals surface area contributed by atoms with Gasteiger partial charge in [0.25, 0.3) is 0 Å². The van der Waals surface area contributed by atoms with E-state index in [2.05, 4.69) is 56.4 Å². The van der Waals surface area contributed by atoms with Gasteiger partial charge in [0.2, 0.25) is 0 Å². The maximum Gasteiger partial charge on any atom is 0.00966 e. The Kier molecular flexibility index (Phi) is 5.65. The van der Waals surface area contributed by atoms with E-state index in [0.717, 1.165) is 11.8 Å². The lowest BCUT2D eigenvalue weighted by atomic mass is 9.83. The molecule has 0 aliphatic heterocycles. The fourth-order valence-electron chi connectivity index (χ4n) is 3.35. The van der Waals surface area contributed by atoms with Crippen molar-refractivity contribution in [1.29, 1.82) is 0 Å². The van der Waals surface area contributed by atoms with E-state index >= 15 is 0 Å². The van der Waals surface area contributed by atoms with E-state index in [1.165, 1.54) is 50.6 Å².